The number of carbonyl (C=O) groups is 1. The van der Waals surface area contributed by atoms with Gasteiger partial charge in [0.05, 0.1) is 6.04 Å². The van der Waals surface area contributed by atoms with Crippen LogP contribution in [0.4, 0.5) is 5.69 Å². The predicted octanol–water partition coefficient (Wildman–Crippen LogP) is 3.70. The minimum Gasteiger partial charge on any atom is -0.325 e. The van der Waals surface area contributed by atoms with Crippen molar-refractivity contribution in [3.63, 3.8) is 0 Å². The Bertz CT molecular complexity index is 508. The number of anilines is 1. The van der Waals surface area contributed by atoms with Gasteiger partial charge in [-0.05, 0) is 56.5 Å². The van der Waals surface area contributed by atoms with E-state index in [1.54, 1.807) is 0 Å². The first kappa shape index (κ1) is 20.7. The number of benzene rings is 1. The lowest BCUT2D eigenvalue weighted by Gasteiger charge is -2.29. The molecule has 0 aliphatic heterocycles. The molecule has 0 saturated heterocycles. The van der Waals surface area contributed by atoms with Crippen molar-refractivity contribution in [1.29, 1.82) is 0 Å². The highest BCUT2D eigenvalue weighted by Crippen LogP contribution is 2.20. The van der Waals surface area contributed by atoms with Gasteiger partial charge in [0.1, 0.15) is 0 Å². The van der Waals surface area contributed by atoms with Crippen LogP contribution in [0, 0.1) is 5.41 Å². The number of carbonyl (C=O) groups excluding carboxylic acids is 1. The number of amides is 1. The zero-order chi connectivity index (χ0) is 18.3. The van der Waals surface area contributed by atoms with E-state index in [2.05, 4.69) is 69.5 Å². The Morgan fingerprint density at radius 2 is 1.75 bits per heavy atom. The summed E-state index contributed by atoms with van der Waals surface area (Å²) >= 11 is 0. The van der Waals surface area contributed by atoms with Crippen molar-refractivity contribution in [2.75, 3.05) is 32.5 Å². The summed E-state index contributed by atoms with van der Waals surface area (Å²) in [4.78, 5) is 14.5. The second-order valence-electron chi connectivity index (χ2n) is 7.93. The summed E-state index contributed by atoms with van der Waals surface area (Å²) in [6, 6.07) is 7.95. The summed E-state index contributed by atoms with van der Waals surface area (Å²) < 4.78 is 0. The maximum atomic E-state index is 12.3. The highest BCUT2D eigenvalue weighted by Gasteiger charge is 2.21. The molecular weight excluding hydrogens is 298 g/mol. The summed E-state index contributed by atoms with van der Waals surface area (Å²) in [5.41, 5.74) is 2.29. The van der Waals surface area contributed by atoms with Crippen molar-refractivity contribution in [1.82, 2.24) is 10.2 Å². The minimum absolute atomic E-state index is 0.00643. The molecule has 4 heteroatoms. The van der Waals surface area contributed by atoms with Crippen molar-refractivity contribution in [2.24, 2.45) is 5.41 Å². The second kappa shape index (κ2) is 9.19. The van der Waals surface area contributed by atoms with E-state index in [9.17, 15) is 4.79 Å². The Balaban J connectivity index is 2.52. The first-order valence-corrected chi connectivity index (χ1v) is 8.93. The van der Waals surface area contributed by atoms with Gasteiger partial charge in [0.25, 0.3) is 0 Å². The molecule has 0 aliphatic rings. The molecule has 1 aromatic rings. The second-order valence-corrected chi connectivity index (χ2v) is 7.93. The van der Waals surface area contributed by atoms with Gasteiger partial charge in [-0.2, -0.15) is 0 Å². The van der Waals surface area contributed by atoms with Gasteiger partial charge in [-0.3, -0.25) is 4.79 Å². The third-order valence-electron chi connectivity index (χ3n) is 4.38. The van der Waals surface area contributed by atoms with E-state index in [-0.39, 0.29) is 17.4 Å². The van der Waals surface area contributed by atoms with Gasteiger partial charge in [0.2, 0.25) is 5.91 Å². The van der Waals surface area contributed by atoms with Gasteiger partial charge in [-0.1, -0.05) is 39.8 Å². The van der Waals surface area contributed by atoms with Crippen LogP contribution < -0.4 is 10.6 Å². The summed E-state index contributed by atoms with van der Waals surface area (Å²) in [5.74, 6) is 0.557. The average Bonchev–Trinajstić information content (AvgIpc) is 2.51. The van der Waals surface area contributed by atoms with E-state index in [4.69, 9.17) is 0 Å². The van der Waals surface area contributed by atoms with Crippen molar-refractivity contribution < 1.29 is 4.79 Å². The number of hydrogen-bond donors (Lipinski definition) is 2. The highest BCUT2D eigenvalue weighted by atomic mass is 16.2. The van der Waals surface area contributed by atoms with Crippen LogP contribution in [-0.4, -0.2) is 44.0 Å². The number of nitrogens with one attached hydrogen (secondary N) is 2. The number of hydrogen-bond acceptors (Lipinski definition) is 3. The fraction of sp³-hybridized carbons (Fsp3) is 0.650. The van der Waals surface area contributed by atoms with Gasteiger partial charge in [0, 0.05) is 18.8 Å². The van der Waals surface area contributed by atoms with Gasteiger partial charge >= 0.3 is 0 Å². The largest absolute Gasteiger partial charge is 0.325 e. The average molecular weight is 334 g/mol. The Labute approximate surface area is 148 Å². The molecule has 0 saturated carbocycles. The molecule has 1 aromatic carbocycles. The monoisotopic (exact) mass is 333 g/mol. The van der Waals surface area contributed by atoms with Crippen molar-refractivity contribution in [2.45, 2.75) is 53.0 Å². The molecule has 0 fully saturated rings. The van der Waals surface area contributed by atoms with Crippen LogP contribution in [0.2, 0.25) is 0 Å². The van der Waals surface area contributed by atoms with E-state index in [1.165, 1.54) is 5.56 Å². The Morgan fingerprint density at radius 3 is 2.25 bits per heavy atom. The zero-order valence-corrected chi connectivity index (χ0v) is 16.4. The van der Waals surface area contributed by atoms with Crippen molar-refractivity contribution >= 4 is 11.6 Å². The number of nitrogens with zero attached hydrogens (tertiary/aromatic N) is 1. The maximum Gasteiger partial charge on any atom is 0.241 e. The Kier molecular flexibility index (Phi) is 7.91. The third kappa shape index (κ3) is 7.02. The Hall–Kier alpha value is -1.39. The molecule has 1 amide bonds. The fourth-order valence-corrected chi connectivity index (χ4v) is 2.82. The molecule has 0 spiro atoms. The van der Waals surface area contributed by atoms with Crippen molar-refractivity contribution in [3.8, 4) is 0 Å². The molecule has 0 radical (unpaired) electrons. The van der Waals surface area contributed by atoms with Crippen LogP contribution in [0.15, 0.2) is 24.3 Å². The smallest absolute Gasteiger partial charge is 0.241 e. The van der Waals surface area contributed by atoms with Gasteiger partial charge in [-0.25, -0.2) is 0 Å². The molecule has 0 aromatic heterocycles. The molecule has 24 heavy (non-hydrogen) atoms. The topological polar surface area (TPSA) is 44.4 Å². The van der Waals surface area contributed by atoms with Crippen LogP contribution in [0.25, 0.3) is 0 Å². The Morgan fingerprint density at radius 1 is 1.17 bits per heavy atom. The molecule has 0 heterocycles. The quantitative estimate of drug-likeness (QED) is 0.724. The van der Waals surface area contributed by atoms with Crippen LogP contribution in [-0.2, 0) is 4.79 Å². The highest BCUT2D eigenvalue weighted by molar-refractivity contribution is 5.94. The summed E-state index contributed by atoms with van der Waals surface area (Å²) in [7, 11) is 4.14. The molecule has 2 N–H and O–H groups in total. The third-order valence-corrected chi connectivity index (χ3v) is 4.38. The number of rotatable bonds is 9. The maximum absolute atomic E-state index is 12.3. The standard InChI is InChI=1S/C20H35N3O/c1-8-15(2)17-9-11-18(12-10-17)22-19(24)16(3)21-13-20(4,5)14-23(6)7/h9-12,15-16,21H,8,13-14H2,1-7H3,(H,22,24)/t15-,16+/m0/s1. The molecule has 0 unspecified atom stereocenters. The van der Waals surface area contributed by atoms with E-state index in [0.29, 0.717) is 5.92 Å². The van der Waals surface area contributed by atoms with Crippen LogP contribution in [0.5, 0.6) is 0 Å². The lowest BCUT2D eigenvalue weighted by molar-refractivity contribution is -0.117. The van der Waals surface area contributed by atoms with Crippen LogP contribution in [0.1, 0.15) is 52.5 Å². The molecule has 2 atom stereocenters. The zero-order valence-electron chi connectivity index (χ0n) is 16.4. The SMILES string of the molecule is CC[C@H](C)c1ccc(NC(=O)[C@@H](C)NCC(C)(C)CN(C)C)cc1. The summed E-state index contributed by atoms with van der Waals surface area (Å²) in [6.07, 6.45) is 1.12. The summed E-state index contributed by atoms with van der Waals surface area (Å²) in [6.45, 7) is 12.5. The summed E-state index contributed by atoms with van der Waals surface area (Å²) in [5, 5.41) is 6.34. The van der Waals surface area contributed by atoms with Crippen LogP contribution in [0.3, 0.4) is 0 Å². The van der Waals surface area contributed by atoms with E-state index < -0.39 is 0 Å². The van der Waals surface area contributed by atoms with Gasteiger partial charge in [0.15, 0.2) is 0 Å². The normalized spacial score (nSPS) is 14.5. The van der Waals surface area contributed by atoms with Gasteiger partial charge < -0.3 is 15.5 Å². The lowest BCUT2D eigenvalue weighted by atomic mass is 9.92. The van der Waals surface area contributed by atoms with E-state index in [0.717, 1.165) is 25.2 Å². The molecule has 4 nitrogen and oxygen atoms in total. The van der Waals surface area contributed by atoms with Crippen LogP contribution >= 0.6 is 0 Å². The molecule has 0 bridgehead atoms. The van der Waals surface area contributed by atoms with E-state index >= 15 is 0 Å². The first-order valence-electron chi connectivity index (χ1n) is 8.93. The molecular formula is C20H35N3O. The first-order chi connectivity index (χ1) is 11.1. The van der Waals surface area contributed by atoms with Crippen molar-refractivity contribution in [3.05, 3.63) is 29.8 Å². The molecule has 0 aliphatic carbocycles. The minimum atomic E-state index is -0.222. The van der Waals surface area contributed by atoms with Gasteiger partial charge in [-0.15, -0.1) is 0 Å². The predicted molar refractivity (Wildman–Crippen MR) is 104 cm³/mol. The molecule has 1 rings (SSSR count). The lowest BCUT2D eigenvalue weighted by Crippen LogP contribution is -2.45. The molecule has 136 valence electrons. The fourth-order valence-electron chi connectivity index (χ4n) is 2.82. The van der Waals surface area contributed by atoms with E-state index in [1.807, 2.05) is 19.1 Å².